The van der Waals surface area contributed by atoms with E-state index in [2.05, 4.69) is 42.2 Å². The normalized spacial score (nSPS) is 11.6. The zero-order chi connectivity index (χ0) is 15.8. The summed E-state index contributed by atoms with van der Waals surface area (Å²) in [5, 5.41) is 12.5. The molecule has 2 rings (SSSR count). The number of benzene rings is 1. The highest BCUT2D eigenvalue weighted by atomic mass is 79.9. The van der Waals surface area contributed by atoms with Gasteiger partial charge in [0, 0.05) is 32.6 Å². The minimum Gasteiger partial charge on any atom is -0.481 e. The predicted octanol–water partition coefficient (Wildman–Crippen LogP) is 3.53. The second-order valence-corrected chi connectivity index (χ2v) is 7.09. The summed E-state index contributed by atoms with van der Waals surface area (Å²) in [6.07, 6.45) is 1.62. The number of hydrogen-bond donors (Lipinski definition) is 3. The quantitative estimate of drug-likeness (QED) is 0.711. The molecule has 0 aliphatic heterocycles. The molecule has 5 nitrogen and oxygen atoms in total. The van der Waals surface area contributed by atoms with Crippen molar-refractivity contribution in [2.45, 2.75) is 13.8 Å². The smallest absolute Gasteiger partial charge is 0.310 e. The molecule has 0 saturated heterocycles. The fourth-order valence-corrected chi connectivity index (χ4v) is 2.46. The highest BCUT2D eigenvalue weighted by Crippen LogP contribution is 2.30. The van der Waals surface area contributed by atoms with Crippen molar-refractivity contribution < 1.29 is 14.7 Å². The van der Waals surface area contributed by atoms with Gasteiger partial charge >= 0.3 is 5.97 Å². The Labute approximate surface area is 138 Å². The molecule has 0 fully saturated rings. The highest BCUT2D eigenvalue weighted by Gasteiger charge is 2.28. The Morgan fingerprint density at radius 3 is 2.52 bits per heavy atom. The summed E-state index contributed by atoms with van der Waals surface area (Å²) < 4.78 is 1.73. The van der Waals surface area contributed by atoms with Crippen LogP contribution in [0.1, 0.15) is 24.2 Å². The van der Waals surface area contributed by atoms with Crippen LogP contribution in [0.5, 0.6) is 0 Å². The molecule has 0 aliphatic rings. The molecule has 1 aromatic heterocycles. The third-order valence-electron chi connectivity index (χ3n) is 3.24. The van der Waals surface area contributed by atoms with Gasteiger partial charge in [-0.3, -0.25) is 9.59 Å². The second-order valence-electron chi connectivity index (χ2n) is 5.39. The lowest BCUT2D eigenvalue weighted by molar-refractivity contribution is -0.146. The molecule has 1 heterocycles. The largest absolute Gasteiger partial charge is 0.481 e. The Morgan fingerprint density at radius 2 is 1.90 bits per heavy atom. The van der Waals surface area contributed by atoms with Crippen LogP contribution in [0.2, 0.25) is 0 Å². The van der Waals surface area contributed by atoms with Gasteiger partial charge in [-0.1, -0.05) is 0 Å². The number of aliphatic carboxylic acids is 1. The number of hydrogen-bond acceptors (Lipinski definition) is 2. The Morgan fingerprint density at radius 1 is 1.29 bits per heavy atom. The van der Waals surface area contributed by atoms with Crippen LogP contribution in [0.3, 0.4) is 0 Å². The fourth-order valence-electron chi connectivity index (χ4n) is 1.78. The SMILES string of the molecule is CC(C)(CNC(=O)c1c[nH]c2cc(Br)c(Br)cc12)C(=O)O. The Kier molecular flexibility index (Phi) is 4.43. The van der Waals surface area contributed by atoms with E-state index >= 15 is 0 Å². The van der Waals surface area contributed by atoms with Crippen molar-refractivity contribution in [3.8, 4) is 0 Å². The van der Waals surface area contributed by atoms with Gasteiger partial charge in [-0.25, -0.2) is 0 Å². The highest BCUT2D eigenvalue weighted by molar-refractivity contribution is 9.13. The minimum absolute atomic E-state index is 0.0610. The van der Waals surface area contributed by atoms with Gasteiger partial charge in [-0.15, -0.1) is 0 Å². The van der Waals surface area contributed by atoms with Crippen molar-refractivity contribution >= 4 is 54.6 Å². The molecular formula is C14H14Br2N2O3. The fraction of sp³-hybridized carbons (Fsp3) is 0.286. The molecule has 0 spiro atoms. The molecule has 0 radical (unpaired) electrons. The summed E-state index contributed by atoms with van der Waals surface area (Å²) in [4.78, 5) is 26.3. The van der Waals surface area contributed by atoms with E-state index in [0.29, 0.717) is 5.56 Å². The average molecular weight is 418 g/mol. The van der Waals surface area contributed by atoms with Crippen molar-refractivity contribution in [3.05, 3.63) is 32.8 Å². The number of aromatic nitrogens is 1. The summed E-state index contributed by atoms with van der Waals surface area (Å²) in [5.74, 6) is -1.25. The maximum atomic E-state index is 12.2. The van der Waals surface area contributed by atoms with Gasteiger partial charge in [0.25, 0.3) is 5.91 Å². The molecule has 7 heteroatoms. The second kappa shape index (κ2) is 5.81. The number of halogens is 2. The number of fused-ring (bicyclic) bond motifs is 1. The first-order chi connectivity index (χ1) is 9.72. The van der Waals surface area contributed by atoms with E-state index in [-0.39, 0.29) is 12.5 Å². The number of carboxylic acid groups (broad SMARTS) is 1. The molecule has 112 valence electrons. The maximum absolute atomic E-state index is 12.2. The standard InChI is InChI=1S/C14H14Br2N2O3/c1-14(2,13(20)21)6-18-12(19)8-5-17-11-4-10(16)9(15)3-7(8)11/h3-5,17H,6H2,1-2H3,(H,18,19)(H,20,21). The third kappa shape index (κ3) is 3.29. The Hall–Kier alpha value is -1.34. The first kappa shape index (κ1) is 16.0. The monoisotopic (exact) mass is 416 g/mol. The zero-order valence-electron chi connectivity index (χ0n) is 11.5. The van der Waals surface area contributed by atoms with E-state index in [1.54, 1.807) is 20.0 Å². The summed E-state index contributed by atoms with van der Waals surface area (Å²) in [6.45, 7) is 3.20. The van der Waals surface area contributed by atoms with Crippen LogP contribution in [0.25, 0.3) is 10.9 Å². The molecule has 2 aromatic rings. The maximum Gasteiger partial charge on any atom is 0.310 e. The molecule has 0 atom stereocenters. The Balaban J connectivity index is 2.24. The lowest BCUT2D eigenvalue weighted by Crippen LogP contribution is -2.38. The molecule has 0 unspecified atom stereocenters. The molecule has 0 aliphatic carbocycles. The van der Waals surface area contributed by atoms with Gasteiger partial charge in [-0.05, 0) is 57.8 Å². The molecule has 1 amide bonds. The van der Waals surface area contributed by atoms with Gasteiger partial charge in [0.05, 0.1) is 11.0 Å². The number of carbonyl (C=O) groups is 2. The van der Waals surface area contributed by atoms with Gasteiger partial charge in [0.1, 0.15) is 0 Å². The number of aromatic amines is 1. The van der Waals surface area contributed by atoms with Crippen molar-refractivity contribution in [2.75, 3.05) is 6.54 Å². The Bertz CT molecular complexity index is 722. The molecule has 0 saturated carbocycles. The minimum atomic E-state index is -1.01. The topological polar surface area (TPSA) is 82.2 Å². The van der Waals surface area contributed by atoms with Crippen molar-refractivity contribution in [2.24, 2.45) is 5.41 Å². The summed E-state index contributed by atoms with van der Waals surface area (Å²) in [6, 6.07) is 3.71. The molecular weight excluding hydrogens is 404 g/mol. The van der Waals surface area contributed by atoms with Crippen LogP contribution in [0.15, 0.2) is 27.3 Å². The number of H-pyrrole nitrogens is 1. The van der Waals surface area contributed by atoms with E-state index in [1.807, 2.05) is 12.1 Å². The van der Waals surface area contributed by atoms with Gasteiger partial charge in [0.2, 0.25) is 0 Å². The number of amides is 1. The van der Waals surface area contributed by atoms with E-state index in [1.165, 1.54) is 0 Å². The van der Waals surface area contributed by atoms with Crippen LogP contribution in [0, 0.1) is 5.41 Å². The summed E-state index contributed by atoms with van der Waals surface area (Å²) >= 11 is 6.81. The first-order valence-electron chi connectivity index (χ1n) is 6.20. The van der Waals surface area contributed by atoms with Gasteiger partial charge in [-0.2, -0.15) is 0 Å². The van der Waals surface area contributed by atoms with Crippen LogP contribution in [-0.4, -0.2) is 28.5 Å². The number of carboxylic acids is 1. The van der Waals surface area contributed by atoms with Crippen LogP contribution in [0.4, 0.5) is 0 Å². The van der Waals surface area contributed by atoms with Crippen LogP contribution >= 0.6 is 31.9 Å². The predicted molar refractivity (Wildman–Crippen MR) is 87.4 cm³/mol. The van der Waals surface area contributed by atoms with Crippen molar-refractivity contribution in [3.63, 3.8) is 0 Å². The van der Waals surface area contributed by atoms with Crippen LogP contribution < -0.4 is 5.32 Å². The molecule has 21 heavy (non-hydrogen) atoms. The summed E-state index contributed by atoms with van der Waals surface area (Å²) in [5.41, 5.74) is 0.304. The van der Waals surface area contributed by atoms with Crippen LogP contribution in [-0.2, 0) is 4.79 Å². The first-order valence-corrected chi connectivity index (χ1v) is 7.78. The van der Waals surface area contributed by atoms with E-state index in [9.17, 15) is 9.59 Å². The molecule has 1 aromatic carbocycles. The van der Waals surface area contributed by atoms with E-state index < -0.39 is 11.4 Å². The lowest BCUT2D eigenvalue weighted by Gasteiger charge is -2.19. The molecule has 3 N–H and O–H groups in total. The number of nitrogens with one attached hydrogen (secondary N) is 2. The van der Waals surface area contributed by atoms with Gasteiger partial charge in [0.15, 0.2) is 0 Å². The lowest BCUT2D eigenvalue weighted by atomic mass is 9.94. The average Bonchev–Trinajstić information content (AvgIpc) is 2.79. The van der Waals surface area contributed by atoms with Crippen molar-refractivity contribution in [1.29, 1.82) is 0 Å². The van der Waals surface area contributed by atoms with Gasteiger partial charge < -0.3 is 15.4 Å². The van der Waals surface area contributed by atoms with Crippen molar-refractivity contribution in [1.82, 2.24) is 10.3 Å². The van der Waals surface area contributed by atoms with E-state index in [0.717, 1.165) is 19.8 Å². The zero-order valence-corrected chi connectivity index (χ0v) is 14.6. The third-order valence-corrected chi connectivity index (χ3v) is 5.08. The summed E-state index contributed by atoms with van der Waals surface area (Å²) in [7, 11) is 0. The number of rotatable bonds is 4. The molecule has 0 bridgehead atoms. The number of carbonyl (C=O) groups excluding carboxylic acids is 1. The van der Waals surface area contributed by atoms with E-state index in [4.69, 9.17) is 5.11 Å².